The van der Waals surface area contributed by atoms with Crippen molar-refractivity contribution in [2.45, 2.75) is 0 Å². The highest BCUT2D eigenvalue weighted by Gasteiger charge is 2.05. The van der Waals surface area contributed by atoms with E-state index in [0.717, 1.165) is 10.9 Å². The smallest absolute Gasteiger partial charge is 0.141 e. The topological polar surface area (TPSA) is 50.7 Å². The molecule has 0 amide bonds. The number of rotatable bonds is 2. The van der Waals surface area contributed by atoms with Gasteiger partial charge >= 0.3 is 0 Å². The largest absolute Gasteiger partial charge is 0.340 e. The van der Waals surface area contributed by atoms with Crippen LogP contribution in [0.3, 0.4) is 0 Å². The van der Waals surface area contributed by atoms with Gasteiger partial charge in [-0.3, -0.25) is 4.98 Å². The molecule has 0 bridgehead atoms. The molecule has 0 fully saturated rings. The summed E-state index contributed by atoms with van der Waals surface area (Å²) in [5.74, 6) is 0.166. The predicted octanol–water partition coefficient (Wildman–Crippen LogP) is 3.56. The highest BCUT2D eigenvalue weighted by atomic mass is 35.5. The number of pyridine rings is 1. The molecule has 2 aromatic heterocycles. The van der Waals surface area contributed by atoms with Crippen molar-refractivity contribution in [1.82, 2.24) is 15.0 Å². The van der Waals surface area contributed by atoms with Gasteiger partial charge in [-0.05, 0) is 24.3 Å². The summed E-state index contributed by atoms with van der Waals surface area (Å²) >= 11 is 5.74. The fraction of sp³-hybridized carbons (Fsp3) is 0. The number of anilines is 2. The van der Waals surface area contributed by atoms with E-state index in [4.69, 9.17) is 11.6 Å². The lowest BCUT2D eigenvalue weighted by Crippen LogP contribution is -1.96. The van der Waals surface area contributed by atoms with Crippen molar-refractivity contribution < 1.29 is 4.39 Å². The average molecular weight is 275 g/mol. The van der Waals surface area contributed by atoms with Crippen LogP contribution in [-0.4, -0.2) is 15.0 Å². The molecular weight excluding hydrogens is 267 g/mol. The quantitative estimate of drug-likeness (QED) is 0.776. The molecule has 0 aliphatic carbocycles. The molecule has 0 saturated heterocycles. The Hall–Kier alpha value is -2.27. The molecule has 0 radical (unpaired) electrons. The Morgan fingerprint density at radius 2 is 2.05 bits per heavy atom. The minimum atomic E-state index is -0.455. The van der Waals surface area contributed by atoms with Gasteiger partial charge in [-0.15, -0.1) is 0 Å². The molecule has 4 nitrogen and oxygen atoms in total. The van der Waals surface area contributed by atoms with E-state index in [0.29, 0.717) is 11.5 Å². The van der Waals surface area contributed by atoms with E-state index >= 15 is 0 Å². The highest BCUT2D eigenvalue weighted by molar-refractivity contribution is 6.31. The summed E-state index contributed by atoms with van der Waals surface area (Å²) in [5.41, 5.74) is 1.39. The van der Waals surface area contributed by atoms with E-state index in [1.807, 2.05) is 6.07 Å². The number of hydrogen-bond donors (Lipinski definition) is 1. The van der Waals surface area contributed by atoms with Crippen molar-refractivity contribution in [2.75, 3.05) is 5.32 Å². The maximum Gasteiger partial charge on any atom is 0.141 e. The second-order valence-electron chi connectivity index (χ2n) is 3.87. The Balaban J connectivity index is 2.03. The zero-order chi connectivity index (χ0) is 13.2. The number of nitrogens with one attached hydrogen (secondary N) is 1. The third-order valence-corrected chi connectivity index (χ3v) is 2.91. The fourth-order valence-corrected chi connectivity index (χ4v) is 1.90. The summed E-state index contributed by atoms with van der Waals surface area (Å²) in [5, 5.41) is 3.98. The highest BCUT2D eigenvalue weighted by Crippen LogP contribution is 2.25. The molecule has 0 spiro atoms. The molecule has 0 unspecified atom stereocenters. The van der Waals surface area contributed by atoms with E-state index in [1.165, 1.54) is 18.5 Å². The van der Waals surface area contributed by atoms with Crippen LogP contribution in [0.25, 0.3) is 10.9 Å². The summed E-state index contributed by atoms with van der Waals surface area (Å²) in [4.78, 5) is 12.3. The van der Waals surface area contributed by atoms with Crippen LogP contribution in [0.4, 0.5) is 15.9 Å². The van der Waals surface area contributed by atoms with Crippen LogP contribution >= 0.6 is 11.6 Å². The third-order valence-electron chi connectivity index (χ3n) is 2.62. The SMILES string of the molecule is Fc1ccc(Nc2ncnc3cnccc23)cc1Cl. The second-order valence-corrected chi connectivity index (χ2v) is 4.28. The first kappa shape index (κ1) is 11.8. The molecule has 0 aliphatic heterocycles. The maximum absolute atomic E-state index is 13.1. The number of nitrogens with zero attached hydrogens (tertiary/aromatic N) is 3. The van der Waals surface area contributed by atoms with E-state index in [9.17, 15) is 4.39 Å². The van der Waals surface area contributed by atoms with Gasteiger partial charge in [0.15, 0.2) is 0 Å². The lowest BCUT2D eigenvalue weighted by atomic mass is 10.2. The van der Waals surface area contributed by atoms with Crippen molar-refractivity contribution in [1.29, 1.82) is 0 Å². The van der Waals surface area contributed by atoms with Crippen LogP contribution in [0.5, 0.6) is 0 Å². The first-order valence-electron chi connectivity index (χ1n) is 5.51. The zero-order valence-corrected chi connectivity index (χ0v) is 10.4. The molecule has 1 aromatic carbocycles. The number of benzene rings is 1. The fourth-order valence-electron chi connectivity index (χ4n) is 1.72. The van der Waals surface area contributed by atoms with Crippen molar-refractivity contribution in [2.24, 2.45) is 0 Å². The van der Waals surface area contributed by atoms with Crippen LogP contribution in [-0.2, 0) is 0 Å². The van der Waals surface area contributed by atoms with Gasteiger partial charge in [0, 0.05) is 17.3 Å². The Bertz CT molecular complexity index is 742. The molecule has 3 aromatic rings. The van der Waals surface area contributed by atoms with Crippen LogP contribution in [0.15, 0.2) is 43.0 Å². The van der Waals surface area contributed by atoms with Crippen molar-refractivity contribution in [3.8, 4) is 0 Å². The molecule has 0 aliphatic rings. The van der Waals surface area contributed by atoms with Crippen LogP contribution in [0, 0.1) is 5.82 Å². The predicted molar refractivity (Wildman–Crippen MR) is 72.0 cm³/mol. The number of aromatic nitrogens is 3. The normalized spacial score (nSPS) is 10.6. The van der Waals surface area contributed by atoms with Crippen LogP contribution in [0.1, 0.15) is 0 Å². The van der Waals surface area contributed by atoms with Crippen LogP contribution in [0.2, 0.25) is 5.02 Å². The van der Waals surface area contributed by atoms with E-state index in [1.54, 1.807) is 18.5 Å². The Kier molecular flexibility index (Phi) is 2.97. The van der Waals surface area contributed by atoms with Crippen molar-refractivity contribution >= 4 is 34.0 Å². The van der Waals surface area contributed by atoms with E-state index < -0.39 is 5.82 Å². The lowest BCUT2D eigenvalue weighted by molar-refractivity contribution is 0.628. The molecule has 6 heteroatoms. The zero-order valence-electron chi connectivity index (χ0n) is 9.64. The summed E-state index contributed by atoms with van der Waals surface area (Å²) in [6.45, 7) is 0. The number of halogens is 2. The van der Waals surface area contributed by atoms with Crippen LogP contribution < -0.4 is 5.32 Å². The Labute approximate surface area is 113 Å². The average Bonchev–Trinajstić information content (AvgIpc) is 2.43. The summed E-state index contributed by atoms with van der Waals surface area (Å²) in [7, 11) is 0. The van der Waals surface area contributed by atoms with Crippen molar-refractivity contribution in [3.05, 3.63) is 53.8 Å². The second kappa shape index (κ2) is 4.78. The van der Waals surface area contributed by atoms with Gasteiger partial charge < -0.3 is 5.32 Å². The minimum Gasteiger partial charge on any atom is -0.340 e. The van der Waals surface area contributed by atoms with Gasteiger partial charge in [0.1, 0.15) is 18.0 Å². The summed E-state index contributed by atoms with van der Waals surface area (Å²) < 4.78 is 13.1. The molecule has 1 N–H and O–H groups in total. The summed E-state index contributed by atoms with van der Waals surface area (Å²) in [6, 6.07) is 6.21. The van der Waals surface area contributed by atoms with Gasteiger partial charge in [0.05, 0.1) is 16.7 Å². The molecule has 2 heterocycles. The number of fused-ring (bicyclic) bond motifs is 1. The standard InChI is InChI=1S/C13H8ClFN4/c14-10-5-8(1-2-11(10)15)19-13-9-3-4-16-6-12(9)17-7-18-13/h1-7H,(H,17,18,19). The molecular formula is C13H8ClFN4. The van der Waals surface area contributed by atoms with E-state index in [-0.39, 0.29) is 5.02 Å². The van der Waals surface area contributed by atoms with Gasteiger partial charge in [-0.25, -0.2) is 14.4 Å². The van der Waals surface area contributed by atoms with Crippen molar-refractivity contribution in [3.63, 3.8) is 0 Å². The molecule has 0 saturated carbocycles. The molecule has 19 heavy (non-hydrogen) atoms. The van der Waals surface area contributed by atoms with Gasteiger partial charge in [0.2, 0.25) is 0 Å². The third kappa shape index (κ3) is 2.32. The van der Waals surface area contributed by atoms with Gasteiger partial charge in [0.25, 0.3) is 0 Å². The van der Waals surface area contributed by atoms with Gasteiger partial charge in [-0.2, -0.15) is 0 Å². The first-order chi connectivity index (χ1) is 9.24. The minimum absolute atomic E-state index is 0.0602. The van der Waals surface area contributed by atoms with E-state index in [2.05, 4.69) is 20.3 Å². The molecule has 3 rings (SSSR count). The van der Waals surface area contributed by atoms with Gasteiger partial charge in [-0.1, -0.05) is 11.6 Å². The molecule has 0 atom stereocenters. The summed E-state index contributed by atoms with van der Waals surface area (Å²) in [6.07, 6.45) is 4.76. The monoisotopic (exact) mass is 274 g/mol. The lowest BCUT2D eigenvalue weighted by Gasteiger charge is -2.08. The maximum atomic E-state index is 13.1. The Morgan fingerprint density at radius 3 is 2.89 bits per heavy atom. The number of hydrogen-bond acceptors (Lipinski definition) is 4. The molecule has 94 valence electrons. The first-order valence-corrected chi connectivity index (χ1v) is 5.88. The Morgan fingerprint density at radius 1 is 1.16 bits per heavy atom.